The lowest BCUT2D eigenvalue weighted by Crippen LogP contribution is -2.40. The molecule has 0 unspecified atom stereocenters. The largest absolute Gasteiger partial charge is 0.513 e. The van der Waals surface area contributed by atoms with Crippen molar-refractivity contribution in [1.82, 2.24) is 5.32 Å². The average Bonchev–Trinajstić information content (AvgIpc) is 2.29. The predicted octanol–water partition coefficient (Wildman–Crippen LogP) is 1.32. The van der Waals surface area contributed by atoms with E-state index in [9.17, 15) is 4.79 Å². The van der Waals surface area contributed by atoms with Gasteiger partial charge in [0.1, 0.15) is 7.05 Å². The van der Waals surface area contributed by atoms with Crippen LogP contribution in [0.2, 0.25) is 0 Å². The van der Waals surface area contributed by atoms with Gasteiger partial charge in [0.05, 0.1) is 0 Å². The van der Waals surface area contributed by atoms with Gasteiger partial charge in [-0.2, -0.15) is 4.79 Å². The van der Waals surface area contributed by atoms with Crippen molar-refractivity contribution in [3.05, 3.63) is 0 Å². The number of nitrogens with one attached hydrogen (secondary N) is 1. The molecule has 0 radical (unpaired) electrons. The fraction of sp³-hybridized carbons (Fsp3) is 0.857. The zero-order chi connectivity index (χ0) is 8.48. The second-order valence-corrected chi connectivity index (χ2v) is 2.79. The Balaban J connectivity index is 2.85. The lowest BCUT2D eigenvalue weighted by atomic mass is 10.1. The molecule has 4 nitrogen and oxygen atoms in total. The van der Waals surface area contributed by atoms with E-state index in [1.54, 1.807) is 7.05 Å². The van der Waals surface area contributed by atoms with E-state index in [-0.39, 0.29) is 11.7 Å². The molecule has 1 rings (SSSR count). The van der Waals surface area contributed by atoms with Crippen molar-refractivity contribution >= 4 is 6.03 Å². The zero-order valence-corrected chi connectivity index (χ0v) is 7.22. The minimum Gasteiger partial charge on any atom is -0.208 e. The van der Waals surface area contributed by atoms with Crippen LogP contribution in [0.4, 0.5) is 4.79 Å². The first-order valence-electron chi connectivity index (χ1n) is 3.92. The third-order valence-corrected chi connectivity index (χ3v) is 2.14. The van der Waals surface area contributed by atoms with E-state index in [0.717, 1.165) is 12.8 Å². The SMILES string of the molecule is CCC1(CC)N=[N+](C)C(=O)N1. The number of carbonyl (C=O) groups is 1. The van der Waals surface area contributed by atoms with Crippen LogP contribution in [0.1, 0.15) is 26.7 Å². The first-order chi connectivity index (χ1) is 5.13. The quantitative estimate of drug-likeness (QED) is 0.602. The summed E-state index contributed by atoms with van der Waals surface area (Å²) in [6.07, 6.45) is 1.69. The highest BCUT2D eigenvalue weighted by Crippen LogP contribution is 2.20. The van der Waals surface area contributed by atoms with Crippen molar-refractivity contribution in [2.24, 2.45) is 5.11 Å². The Morgan fingerprint density at radius 3 is 2.27 bits per heavy atom. The first-order valence-corrected chi connectivity index (χ1v) is 3.92. The van der Waals surface area contributed by atoms with Crippen molar-refractivity contribution in [2.75, 3.05) is 7.05 Å². The third kappa shape index (κ3) is 1.25. The molecule has 1 aliphatic heterocycles. The summed E-state index contributed by atoms with van der Waals surface area (Å²) in [6, 6.07) is -0.103. The molecule has 1 heterocycles. The number of urea groups is 1. The third-order valence-electron chi connectivity index (χ3n) is 2.14. The highest BCUT2D eigenvalue weighted by molar-refractivity contribution is 5.66. The maximum absolute atomic E-state index is 11.0. The highest BCUT2D eigenvalue weighted by Gasteiger charge is 2.42. The van der Waals surface area contributed by atoms with Gasteiger partial charge in [-0.25, -0.2) is 5.32 Å². The van der Waals surface area contributed by atoms with Crippen LogP contribution in [0.15, 0.2) is 5.11 Å². The van der Waals surface area contributed by atoms with Gasteiger partial charge in [-0.3, -0.25) is 0 Å². The van der Waals surface area contributed by atoms with Crippen LogP contribution in [-0.2, 0) is 0 Å². The summed E-state index contributed by atoms with van der Waals surface area (Å²) in [5.41, 5.74) is -0.328. The molecule has 0 fully saturated rings. The Labute approximate surface area is 66.3 Å². The van der Waals surface area contributed by atoms with Crippen LogP contribution in [0.5, 0.6) is 0 Å². The minimum atomic E-state index is -0.328. The van der Waals surface area contributed by atoms with Gasteiger partial charge in [0, 0.05) is 12.8 Å². The van der Waals surface area contributed by atoms with Gasteiger partial charge in [-0.15, -0.1) is 4.70 Å². The number of hydrogen-bond donors (Lipinski definition) is 1. The average molecular weight is 156 g/mol. The normalized spacial score (nSPS) is 21.4. The van der Waals surface area contributed by atoms with E-state index in [4.69, 9.17) is 0 Å². The zero-order valence-electron chi connectivity index (χ0n) is 7.22. The van der Waals surface area contributed by atoms with E-state index in [2.05, 4.69) is 10.4 Å². The Morgan fingerprint density at radius 1 is 1.55 bits per heavy atom. The molecule has 0 atom stereocenters. The van der Waals surface area contributed by atoms with Crippen LogP contribution in [0.3, 0.4) is 0 Å². The summed E-state index contributed by atoms with van der Waals surface area (Å²) in [4.78, 5) is 11.0. The smallest absolute Gasteiger partial charge is 0.208 e. The Hall–Kier alpha value is -0.930. The van der Waals surface area contributed by atoms with Crippen molar-refractivity contribution in [2.45, 2.75) is 32.4 Å². The fourth-order valence-corrected chi connectivity index (χ4v) is 1.21. The molecule has 1 aliphatic rings. The minimum absolute atomic E-state index is 0.103. The molecule has 11 heavy (non-hydrogen) atoms. The summed E-state index contributed by atoms with van der Waals surface area (Å²) in [7, 11) is 1.67. The molecule has 0 bridgehead atoms. The lowest BCUT2D eigenvalue weighted by Gasteiger charge is -2.13. The Morgan fingerprint density at radius 2 is 2.09 bits per heavy atom. The van der Waals surface area contributed by atoms with Gasteiger partial charge >= 0.3 is 6.03 Å². The van der Waals surface area contributed by atoms with E-state index in [1.165, 1.54) is 4.70 Å². The predicted molar refractivity (Wildman–Crippen MR) is 40.5 cm³/mol. The van der Waals surface area contributed by atoms with Crippen LogP contribution < -0.4 is 5.32 Å². The molecule has 2 amide bonds. The molecule has 0 saturated heterocycles. The second-order valence-electron chi connectivity index (χ2n) is 2.79. The monoisotopic (exact) mass is 156 g/mol. The molecule has 0 aliphatic carbocycles. The van der Waals surface area contributed by atoms with E-state index in [1.807, 2.05) is 13.8 Å². The molecule has 4 heteroatoms. The molecule has 0 aromatic carbocycles. The number of rotatable bonds is 2. The summed E-state index contributed by atoms with van der Waals surface area (Å²) in [5.74, 6) is 0. The Kier molecular flexibility index (Phi) is 1.93. The molecule has 0 spiro atoms. The van der Waals surface area contributed by atoms with Gasteiger partial charge < -0.3 is 0 Å². The van der Waals surface area contributed by atoms with Crippen LogP contribution >= 0.6 is 0 Å². The Bertz CT molecular complexity index is 206. The number of nitrogens with zero attached hydrogens (tertiary/aromatic N) is 2. The van der Waals surface area contributed by atoms with Crippen LogP contribution in [0.25, 0.3) is 0 Å². The number of azo groups is 2. The summed E-state index contributed by atoms with van der Waals surface area (Å²) in [5, 5.41) is 7.05. The van der Waals surface area contributed by atoms with Gasteiger partial charge in [0.15, 0.2) is 0 Å². The molecular formula is C7H14N3O+. The number of amides is 2. The fourth-order valence-electron chi connectivity index (χ4n) is 1.21. The van der Waals surface area contributed by atoms with Gasteiger partial charge in [-0.05, 0) is 0 Å². The van der Waals surface area contributed by atoms with Gasteiger partial charge in [-0.1, -0.05) is 19.0 Å². The first kappa shape index (κ1) is 8.17. The number of carbonyl (C=O) groups excluding carboxylic acids is 1. The molecule has 0 aromatic heterocycles. The van der Waals surface area contributed by atoms with E-state index >= 15 is 0 Å². The molecule has 1 N–H and O–H groups in total. The van der Waals surface area contributed by atoms with Crippen molar-refractivity contribution in [1.29, 1.82) is 0 Å². The van der Waals surface area contributed by atoms with Crippen LogP contribution in [0, 0.1) is 0 Å². The topological polar surface area (TPSA) is 44.5 Å². The van der Waals surface area contributed by atoms with Crippen molar-refractivity contribution in [3.63, 3.8) is 0 Å². The second kappa shape index (κ2) is 2.60. The van der Waals surface area contributed by atoms with Crippen LogP contribution in [-0.4, -0.2) is 23.4 Å². The summed E-state index contributed by atoms with van der Waals surface area (Å²) in [6.45, 7) is 4.04. The van der Waals surface area contributed by atoms with E-state index in [0.29, 0.717) is 0 Å². The lowest BCUT2D eigenvalue weighted by molar-refractivity contribution is -0.461. The molecular weight excluding hydrogens is 142 g/mol. The summed E-state index contributed by atoms with van der Waals surface area (Å²) >= 11 is 0. The molecule has 0 saturated carbocycles. The van der Waals surface area contributed by atoms with Crippen molar-refractivity contribution in [3.8, 4) is 0 Å². The number of hydrogen-bond acceptors (Lipinski definition) is 2. The van der Waals surface area contributed by atoms with Crippen molar-refractivity contribution < 1.29 is 9.49 Å². The van der Waals surface area contributed by atoms with Gasteiger partial charge in [0.2, 0.25) is 5.66 Å². The molecule has 0 aromatic rings. The maximum atomic E-state index is 11.0. The van der Waals surface area contributed by atoms with E-state index < -0.39 is 0 Å². The van der Waals surface area contributed by atoms with Gasteiger partial charge in [0.25, 0.3) is 0 Å². The highest BCUT2D eigenvalue weighted by atomic mass is 16.2. The standard InChI is InChI=1S/C7H13N3O/c1-4-7(5-2)8-6(11)10(3)9-7/h4-5H2,1-3H3/p+1. The maximum Gasteiger partial charge on any atom is 0.513 e. The summed E-state index contributed by atoms with van der Waals surface area (Å²) < 4.78 is 1.37. The molecule has 62 valence electrons.